The Morgan fingerprint density at radius 1 is 1.24 bits per heavy atom. The summed E-state index contributed by atoms with van der Waals surface area (Å²) in [7, 11) is 0. The molecule has 0 bridgehead atoms. The Kier molecular flexibility index (Phi) is 6.12. The molecule has 1 aliphatic rings. The average molecular weight is 296 g/mol. The van der Waals surface area contributed by atoms with E-state index in [0.29, 0.717) is 23.9 Å². The maximum Gasteiger partial charge on any atom is 0.163 e. The molecule has 1 fully saturated rings. The van der Waals surface area contributed by atoms with Crippen LogP contribution in [0.3, 0.4) is 0 Å². The summed E-state index contributed by atoms with van der Waals surface area (Å²) >= 11 is 0. The fourth-order valence-electron chi connectivity index (χ4n) is 2.84. The summed E-state index contributed by atoms with van der Waals surface area (Å²) in [5.41, 5.74) is 0.464. The van der Waals surface area contributed by atoms with Gasteiger partial charge in [-0.05, 0) is 56.9 Å². The first-order valence-electron chi connectivity index (χ1n) is 7.92. The molecule has 4 heteroatoms. The molecule has 2 nitrogen and oxygen atoms in total. The van der Waals surface area contributed by atoms with Crippen LogP contribution in [0.2, 0.25) is 0 Å². The highest BCUT2D eigenvalue weighted by Gasteiger charge is 2.20. The smallest absolute Gasteiger partial charge is 0.163 e. The van der Waals surface area contributed by atoms with Crippen molar-refractivity contribution in [3.05, 3.63) is 35.4 Å². The first-order valence-corrected chi connectivity index (χ1v) is 7.92. The highest BCUT2D eigenvalue weighted by atomic mass is 19.2. The number of piperidine rings is 1. The van der Waals surface area contributed by atoms with Crippen LogP contribution in [0, 0.1) is 23.5 Å². The van der Waals surface area contributed by atoms with Crippen LogP contribution in [0.15, 0.2) is 18.2 Å². The third-order valence-electron chi connectivity index (χ3n) is 4.12. The van der Waals surface area contributed by atoms with Gasteiger partial charge in [0, 0.05) is 12.1 Å². The average Bonchev–Trinajstić information content (AvgIpc) is 2.45. The Morgan fingerprint density at radius 3 is 2.62 bits per heavy atom. The van der Waals surface area contributed by atoms with Gasteiger partial charge in [-0.1, -0.05) is 26.0 Å². The van der Waals surface area contributed by atoms with E-state index in [-0.39, 0.29) is 0 Å². The molecular weight excluding hydrogens is 270 g/mol. The van der Waals surface area contributed by atoms with Crippen molar-refractivity contribution in [3.8, 4) is 0 Å². The van der Waals surface area contributed by atoms with Crippen molar-refractivity contribution in [2.45, 2.75) is 33.2 Å². The second kappa shape index (κ2) is 7.85. The zero-order valence-corrected chi connectivity index (χ0v) is 13.0. The van der Waals surface area contributed by atoms with Crippen LogP contribution in [-0.2, 0) is 6.54 Å². The van der Waals surface area contributed by atoms with Crippen molar-refractivity contribution < 1.29 is 8.78 Å². The zero-order chi connectivity index (χ0) is 15.2. The van der Waals surface area contributed by atoms with Gasteiger partial charge in [-0.3, -0.25) is 4.90 Å². The molecule has 0 amide bonds. The molecule has 0 spiro atoms. The van der Waals surface area contributed by atoms with Crippen molar-refractivity contribution in [2.24, 2.45) is 11.8 Å². The van der Waals surface area contributed by atoms with Gasteiger partial charge in [-0.15, -0.1) is 0 Å². The molecule has 0 saturated carbocycles. The number of likely N-dealkylation sites (tertiary alicyclic amines) is 1. The SMILES string of the molecule is CC(C)CNCC1CCN(Cc2cccc(F)c2F)CC1. The van der Waals surface area contributed by atoms with Crippen LogP contribution in [-0.4, -0.2) is 31.1 Å². The molecule has 1 heterocycles. The molecule has 1 aromatic rings. The van der Waals surface area contributed by atoms with E-state index in [1.807, 2.05) is 0 Å². The molecule has 0 unspecified atom stereocenters. The largest absolute Gasteiger partial charge is 0.316 e. The van der Waals surface area contributed by atoms with E-state index >= 15 is 0 Å². The minimum atomic E-state index is -0.750. The van der Waals surface area contributed by atoms with E-state index in [4.69, 9.17) is 0 Å². The molecule has 0 aliphatic carbocycles. The normalized spacial score (nSPS) is 17.6. The van der Waals surface area contributed by atoms with Crippen molar-refractivity contribution in [3.63, 3.8) is 0 Å². The number of rotatable bonds is 6. The number of halogens is 2. The van der Waals surface area contributed by atoms with Gasteiger partial charge in [0.2, 0.25) is 0 Å². The van der Waals surface area contributed by atoms with Gasteiger partial charge in [0.25, 0.3) is 0 Å². The summed E-state index contributed by atoms with van der Waals surface area (Å²) in [5, 5.41) is 3.51. The summed E-state index contributed by atoms with van der Waals surface area (Å²) in [6, 6.07) is 4.43. The van der Waals surface area contributed by atoms with Crippen molar-refractivity contribution in [1.29, 1.82) is 0 Å². The summed E-state index contributed by atoms with van der Waals surface area (Å²) < 4.78 is 26.9. The Hall–Kier alpha value is -1.00. The monoisotopic (exact) mass is 296 g/mol. The lowest BCUT2D eigenvalue weighted by Gasteiger charge is -2.32. The lowest BCUT2D eigenvalue weighted by atomic mass is 9.96. The molecule has 0 atom stereocenters. The van der Waals surface area contributed by atoms with E-state index < -0.39 is 11.6 Å². The lowest BCUT2D eigenvalue weighted by molar-refractivity contribution is 0.173. The number of nitrogens with zero attached hydrogens (tertiary/aromatic N) is 1. The molecule has 1 aromatic carbocycles. The number of nitrogens with one attached hydrogen (secondary N) is 1. The molecule has 118 valence electrons. The summed E-state index contributed by atoms with van der Waals surface area (Å²) in [6.07, 6.45) is 2.25. The second-order valence-corrected chi connectivity index (χ2v) is 6.48. The summed E-state index contributed by atoms with van der Waals surface area (Å²) in [5.74, 6) is -0.0584. The third kappa shape index (κ3) is 5.04. The number of hydrogen-bond donors (Lipinski definition) is 1. The number of hydrogen-bond acceptors (Lipinski definition) is 2. The maximum atomic E-state index is 13.7. The third-order valence-corrected chi connectivity index (χ3v) is 4.12. The van der Waals surface area contributed by atoms with Crippen LogP contribution in [0.25, 0.3) is 0 Å². The highest BCUT2D eigenvalue weighted by molar-refractivity contribution is 5.18. The van der Waals surface area contributed by atoms with Crippen LogP contribution >= 0.6 is 0 Å². The van der Waals surface area contributed by atoms with E-state index in [0.717, 1.165) is 39.0 Å². The summed E-state index contributed by atoms with van der Waals surface area (Å²) in [6.45, 7) is 8.99. The minimum absolute atomic E-state index is 0.464. The van der Waals surface area contributed by atoms with Gasteiger partial charge < -0.3 is 5.32 Å². The molecule has 0 radical (unpaired) electrons. The van der Waals surface area contributed by atoms with Crippen LogP contribution in [0.1, 0.15) is 32.3 Å². The zero-order valence-electron chi connectivity index (χ0n) is 13.0. The Labute approximate surface area is 126 Å². The van der Waals surface area contributed by atoms with E-state index in [1.165, 1.54) is 6.07 Å². The van der Waals surface area contributed by atoms with E-state index in [9.17, 15) is 8.78 Å². The van der Waals surface area contributed by atoms with E-state index in [2.05, 4.69) is 24.1 Å². The Bertz CT molecular complexity index is 440. The fraction of sp³-hybridized carbons (Fsp3) is 0.647. The predicted octanol–water partition coefficient (Wildman–Crippen LogP) is 3.42. The van der Waals surface area contributed by atoms with Gasteiger partial charge in [0.1, 0.15) is 0 Å². The van der Waals surface area contributed by atoms with Crippen molar-refractivity contribution in [1.82, 2.24) is 10.2 Å². The second-order valence-electron chi connectivity index (χ2n) is 6.48. The quantitative estimate of drug-likeness (QED) is 0.865. The van der Waals surface area contributed by atoms with Crippen molar-refractivity contribution in [2.75, 3.05) is 26.2 Å². The maximum absolute atomic E-state index is 13.7. The van der Waals surface area contributed by atoms with Crippen LogP contribution in [0.5, 0.6) is 0 Å². The van der Waals surface area contributed by atoms with Gasteiger partial charge in [0.15, 0.2) is 11.6 Å². The summed E-state index contributed by atoms with van der Waals surface area (Å²) in [4.78, 5) is 2.22. The van der Waals surface area contributed by atoms with Gasteiger partial charge in [-0.2, -0.15) is 0 Å². The van der Waals surface area contributed by atoms with Crippen molar-refractivity contribution >= 4 is 0 Å². The molecule has 21 heavy (non-hydrogen) atoms. The Morgan fingerprint density at radius 2 is 1.95 bits per heavy atom. The molecule has 1 aliphatic heterocycles. The predicted molar refractivity (Wildman–Crippen MR) is 82.1 cm³/mol. The van der Waals surface area contributed by atoms with Gasteiger partial charge in [-0.25, -0.2) is 8.78 Å². The molecular formula is C17H26F2N2. The van der Waals surface area contributed by atoms with E-state index in [1.54, 1.807) is 12.1 Å². The van der Waals surface area contributed by atoms with Crippen LogP contribution in [0.4, 0.5) is 8.78 Å². The molecule has 0 aromatic heterocycles. The molecule has 1 saturated heterocycles. The minimum Gasteiger partial charge on any atom is -0.316 e. The standard InChI is InChI=1S/C17H26F2N2/c1-13(2)10-20-11-14-6-8-21(9-7-14)12-15-4-3-5-16(18)17(15)19/h3-5,13-14,20H,6-12H2,1-2H3. The molecule has 1 N–H and O–H groups in total. The highest BCUT2D eigenvalue weighted by Crippen LogP contribution is 2.20. The fourth-order valence-corrected chi connectivity index (χ4v) is 2.84. The first-order chi connectivity index (χ1) is 10.1. The first kappa shape index (κ1) is 16.4. The van der Waals surface area contributed by atoms with Gasteiger partial charge in [0.05, 0.1) is 0 Å². The van der Waals surface area contributed by atoms with Gasteiger partial charge >= 0.3 is 0 Å². The topological polar surface area (TPSA) is 15.3 Å². The lowest BCUT2D eigenvalue weighted by Crippen LogP contribution is -2.37. The number of benzene rings is 1. The Balaban J connectivity index is 1.75. The molecule has 2 rings (SSSR count). The van der Waals surface area contributed by atoms with Crippen LogP contribution < -0.4 is 5.32 Å².